The molecule has 0 saturated heterocycles. The van der Waals surface area contributed by atoms with Crippen LogP contribution in [0, 0.1) is 5.82 Å². The maximum atomic E-state index is 13.1. The average molecular weight is 378 g/mol. The smallest absolute Gasteiger partial charge is 0.239 e. The average Bonchev–Trinajstić information content (AvgIpc) is 2.57. The number of carbonyl (C=O) groups excluding carboxylic acids is 1. The van der Waals surface area contributed by atoms with E-state index in [1.807, 2.05) is 18.2 Å². The Kier molecular flexibility index (Phi) is 4.74. The molecule has 0 radical (unpaired) electrons. The third-order valence-corrected chi connectivity index (χ3v) is 5.51. The second-order valence-electron chi connectivity index (χ2n) is 5.45. The molecular weight excluding hydrogens is 365 g/mol. The fourth-order valence-electron chi connectivity index (χ4n) is 2.39. The van der Waals surface area contributed by atoms with E-state index in [9.17, 15) is 17.6 Å². The van der Waals surface area contributed by atoms with E-state index in [1.165, 1.54) is 24.3 Å². The van der Waals surface area contributed by atoms with Crippen LogP contribution in [-0.2, 0) is 14.6 Å². The third-order valence-electron chi connectivity index (χ3n) is 3.60. The Morgan fingerprint density at radius 3 is 2.44 bits per heavy atom. The van der Waals surface area contributed by atoms with Crippen LogP contribution in [0.2, 0.25) is 5.02 Å². The first-order valence-corrected chi connectivity index (χ1v) is 9.35. The first kappa shape index (κ1) is 17.4. The highest BCUT2D eigenvalue weighted by atomic mass is 35.5. The van der Waals surface area contributed by atoms with Gasteiger partial charge in [-0.05, 0) is 41.1 Å². The molecule has 3 aromatic carbocycles. The summed E-state index contributed by atoms with van der Waals surface area (Å²) in [5.41, 5.74) is 0.227. The molecule has 0 aliphatic rings. The van der Waals surface area contributed by atoms with Crippen molar-refractivity contribution in [2.24, 2.45) is 0 Å². The molecule has 0 spiro atoms. The monoisotopic (exact) mass is 377 g/mol. The number of sulfone groups is 1. The van der Waals surface area contributed by atoms with Gasteiger partial charge in [-0.15, -0.1) is 0 Å². The highest BCUT2D eigenvalue weighted by Crippen LogP contribution is 2.21. The van der Waals surface area contributed by atoms with Crippen LogP contribution in [0.3, 0.4) is 0 Å². The molecule has 0 aromatic heterocycles. The van der Waals surface area contributed by atoms with Crippen molar-refractivity contribution < 1.29 is 17.6 Å². The van der Waals surface area contributed by atoms with Crippen LogP contribution in [0.25, 0.3) is 10.8 Å². The summed E-state index contributed by atoms with van der Waals surface area (Å²) in [6.45, 7) is 0. The molecule has 3 aromatic rings. The zero-order chi connectivity index (χ0) is 18.0. The summed E-state index contributed by atoms with van der Waals surface area (Å²) in [5, 5.41) is 3.93. The Balaban J connectivity index is 1.79. The minimum Gasteiger partial charge on any atom is -0.325 e. The van der Waals surface area contributed by atoms with Crippen LogP contribution >= 0.6 is 11.6 Å². The van der Waals surface area contributed by atoms with E-state index < -0.39 is 27.3 Å². The molecule has 0 bridgehead atoms. The van der Waals surface area contributed by atoms with Gasteiger partial charge in [0.2, 0.25) is 5.91 Å². The number of rotatable bonds is 4. The highest BCUT2D eigenvalue weighted by Gasteiger charge is 2.20. The SMILES string of the molecule is O=C(CS(=O)(=O)c1ccc2ccccc2c1)Nc1ccc(F)c(Cl)c1. The van der Waals surface area contributed by atoms with Crippen LogP contribution < -0.4 is 5.32 Å². The van der Waals surface area contributed by atoms with E-state index in [-0.39, 0.29) is 15.6 Å². The van der Waals surface area contributed by atoms with E-state index in [0.29, 0.717) is 0 Å². The summed E-state index contributed by atoms with van der Waals surface area (Å²) in [6.07, 6.45) is 0. The quantitative estimate of drug-likeness (QED) is 0.746. The van der Waals surface area contributed by atoms with Crippen molar-refractivity contribution in [3.8, 4) is 0 Å². The molecule has 0 saturated carbocycles. The number of nitrogens with one attached hydrogen (secondary N) is 1. The molecule has 0 fully saturated rings. The first-order valence-electron chi connectivity index (χ1n) is 7.32. The summed E-state index contributed by atoms with van der Waals surface area (Å²) >= 11 is 5.64. The van der Waals surface area contributed by atoms with Crippen molar-refractivity contribution in [2.45, 2.75) is 4.90 Å². The molecule has 128 valence electrons. The summed E-state index contributed by atoms with van der Waals surface area (Å²) in [4.78, 5) is 12.1. The molecule has 0 aliphatic heterocycles. The van der Waals surface area contributed by atoms with Crippen molar-refractivity contribution >= 4 is 43.8 Å². The molecule has 0 aliphatic carbocycles. The Morgan fingerprint density at radius 2 is 1.72 bits per heavy atom. The van der Waals surface area contributed by atoms with E-state index in [1.54, 1.807) is 12.1 Å². The van der Waals surface area contributed by atoms with Crippen LogP contribution in [0.4, 0.5) is 10.1 Å². The lowest BCUT2D eigenvalue weighted by Gasteiger charge is -2.08. The van der Waals surface area contributed by atoms with E-state index in [4.69, 9.17) is 11.6 Å². The van der Waals surface area contributed by atoms with E-state index in [0.717, 1.165) is 16.8 Å². The van der Waals surface area contributed by atoms with Gasteiger partial charge in [0.25, 0.3) is 0 Å². The molecule has 7 heteroatoms. The second-order valence-corrected chi connectivity index (χ2v) is 7.84. The van der Waals surface area contributed by atoms with E-state index in [2.05, 4.69) is 5.32 Å². The maximum Gasteiger partial charge on any atom is 0.239 e. The standard InChI is InChI=1S/C18H13ClFNO3S/c19-16-10-14(6-8-17(16)20)21-18(22)11-25(23,24)15-7-5-12-3-1-2-4-13(12)9-15/h1-10H,11H2,(H,21,22). The van der Waals surface area contributed by atoms with Crippen molar-refractivity contribution in [2.75, 3.05) is 11.1 Å². The van der Waals surface area contributed by atoms with Crippen molar-refractivity contribution in [1.29, 1.82) is 0 Å². The lowest BCUT2D eigenvalue weighted by molar-refractivity contribution is -0.113. The molecule has 1 N–H and O–H groups in total. The molecule has 4 nitrogen and oxygen atoms in total. The molecular formula is C18H13ClFNO3S. The van der Waals surface area contributed by atoms with Gasteiger partial charge >= 0.3 is 0 Å². The Labute approximate surface area is 149 Å². The number of carbonyl (C=O) groups is 1. The topological polar surface area (TPSA) is 63.2 Å². The van der Waals surface area contributed by atoms with Gasteiger partial charge in [0, 0.05) is 5.69 Å². The zero-order valence-electron chi connectivity index (χ0n) is 12.9. The normalized spacial score (nSPS) is 11.4. The largest absolute Gasteiger partial charge is 0.325 e. The summed E-state index contributed by atoms with van der Waals surface area (Å²) < 4.78 is 38.0. The Morgan fingerprint density at radius 1 is 1.00 bits per heavy atom. The van der Waals surface area contributed by atoms with Crippen LogP contribution in [0.15, 0.2) is 65.6 Å². The minimum absolute atomic E-state index is 0.0680. The number of amides is 1. The lowest BCUT2D eigenvalue weighted by Crippen LogP contribution is -2.23. The van der Waals surface area contributed by atoms with Crippen LogP contribution in [0.1, 0.15) is 0 Å². The summed E-state index contributed by atoms with van der Waals surface area (Å²) in [7, 11) is -3.81. The number of anilines is 1. The molecule has 3 rings (SSSR count). The van der Waals surface area contributed by atoms with Gasteiger partial charge in [-0.3, -0.25) is 4.79 Å². The summed E-state index contributed by atoms with van der Waals surface area (Å²) in [6, 6.07) is 15.7. The number of fused-ring (bicyclic) bond motifs is 1. The van der Waals surface area contributed by atoms with Gasteiger partial charge in [-0.25, -0.2) is 12.8 Å². The van der Waals surface area contributed by atoms with Gasteiger partial charge in [-0.1, -0.05) is 41.9 Å². The number of benzene rings is 3. The predicted octanol–water partition coefficient (Wildman–Crippen LogP) is 4.04. The van der Waals surface area contributed by atoms with Crippen LogP contribution in [-0.4, -0.2) is 20.1 Å². The van der Waals surface area contributed by atoms with Crippen molar-refractivity contribution in [3.05, 3.63) is 71.5 Å². The molecule has 25 heavy (non-hydrogen) atoms. The molecule has 0 unspecified atom stereocenters. The molecule has 1 amide bonds. The Hall–Kier alpha value is -2.44. The zero-order valence-corrected chi connectivity index (χ0v) is 14.4. The highest BCUT2D eigenvalue weighted by molar-refractivity contribution is 7.92. The Bertz CT molecular complexity index is 1070. The number of halogens is 2. The maximum absolute atomic E-state index is 13.1. The van der Waals surface area contributed by atoms with Crippen LogP contribution in [0.5, 0.6) is 0 Å². The van der Waals surface area contributed by atoms with Gasteiger partial charge in [0.05, 0.1) is 9.92 Å². The fourth-order valence-corrected chi connectivity index (χ4v) is 3.73. The van der Waals surface area contributed by atoms with Crippen molar-refractivity contribution in [1.82, 2.24) is 0 Å². The minimum atomic E-state index is -3.81. The van der Waals surface area contributed by atoms with Gasteiger partial charge < -0.3 is 5.32 Å². The third kappa shape index (κ3) is 3.97. The second kappa shape index (κ2) is 6.82. The van der Waals surface area contributed by atoms with E-state index >= 15 is 0 Å². The lowest BCUT2D eigenvalue weighted by atomic mass is 10.1. The predicted molar refractivity (Wildman–Crippen MR) is 96.0 cm³/mol. The van der Waals surface area contributed by atoms with Gasteiger partial charge in [0.15, 0.2) is 9.84 Å². The van der Waals surface area contributed by atoms with Crippen molar-refractivity contribution in [3.63, 3.8) is 0 Å². The van der Waals surface area contributed by atoms with Gasteiger partial charge in [-0.2, -0.15) is 0 Å². The molecule has 0 heterocycles. The number of hydrogen-bond donors (Lipinski definition) is 1. The van der Waals surface area contributed by atoms with Gasteiger partial charge in [0.1, 0.15) is 11.6 Å². The first-order chi connectivity index (χ1) is 11.8. The molecule has 0 atom stereocenters. The number of hydrogen-bond acceptors (Lipinski definition) is 3. The fraction of sp³-hybridized carbons (Fsp3) is 0.0556. The summed E-state index contributed by atoms with van der Waals surface area (Å²) in [5.74, 6) is -2.07.